The van der Waals surface area contributed by atoms with E-state index in [4.69, 9.17) is 4.42 Å². The normalized spacial score (nSPS) is 13.3. The van der Waals surface area contributed by atoms with Crippen molar-refractivity contribution in [3.63, 3.8) is 0 Å². The predicted molar refractivity (Wildman–Crippen MR) is 115 cm³/mol. The first-order valence-corrected chi connectivity index (χ1v) is 11.3. The van der Waals surface area contributed by atoms with E-state index in [0.29, 0.717) is 11.3 Å². The zero-order valence-electron chi connectivity index (χ0n) is 16.6. The maximum Gasteiger partial charge on any atom is 0.255 e. The van der Waals surface area contributed by atoms with E-state index in [0.717, 1.165) is 30.9 Å². The highest BCUT2D eigenvalue weighted by molar-refractivity contribution is 7.89. The summed E-state index contributed by atoms with van der Waals surface area (Å²) >= 11 is 0. The van der Waals surface area contributed by atoms with Crippen LogP contribution < -0.4 is 14.9 Å². The van der Waals surface area contributed by atoms with Gasteiger partial charge in [-0.1, -0.05) is 6.07 Å². The fourth-order valence-corrected chi connectivity index (χ4v) is 4.50. The minimum Gasteiger partial charge on any atom is -0.468 e. The molecule has 8 heteroatoms. The van der Waals surface area contributed by atoms with Crippen LogP contribution in [0.2, 0.25) is 0 Å². The number of amides is 1. The van der Waals surface area contributed by atoms with Crippen LogP contribution in [0.25, 0.3) is 0 Å². The maximum absolute atomic E-state index is 12.6. The number of carbonyl (C=O) groups is 1. The molecule has 0 unspecified atom stereocenters. The molecule has 1 amide bonds. The van der Waals surface area contributed by atoms with E-state index in [-0.39, 0.29) is 17.3 Å². The van der Waals surface area contributed by atoms with Gasteiger partial charge in [-0.25, -0.2) is 13.1 Å². The van der Waals surface area contributed by atoms with Crippen LogP contribution in [0.4, 0.5) is 11.4 Å². The SMILES string of the molecule is CCN1CCc2ccc(NC(=O)c3ccc(S(=O)(=O)NCc4ccco4)cc3)cc21. The molecule has 1 aromatic heterocycles. The van der Waals surface area contributed by atoms with Gasteiger partial charge in [-0.15, -0.1) is 0 Å². The highest BCUT2D eigenvalue weighted by Gasteiger charge is 2.19. The Hall–Kier alpha value is -3.10. The summed E-state index contributed by atoms with van der Waals surface area (Å²) in [6, 6.07) is 15.1. The minimum absolute atomic E-state index is 0.0602. The standard InChI is InChI=1S/C22H23N3O4S/c1-2-25-12-11-16-5-8-18(14-21(16)25)24-22(26)17-6-9-20(10-7-17)30(27,28)23-15-19-4-3-13-29-19/h3-10,13-14,23H,2,11-12,15H2,1H3,(H,24,26). The van der Waals surface area contributed by atoms with Crippen LogP contribution in [0, 0.1) is 0 Å². The number of fused-ring (bicyclic) bond motifs is 1. The number of anilines is 2. The molecule has 30 heavy (non-hydrogen) atoms. The van der Waals surface area contributed by atoms with Gasteiger partial charge in [0.05, 0.1) is 17.7 Å². The van der Waals surface area contributed by atoms with Gasteiger partial charge in [0.25, 0.3) is 5.91 Å². The summed E-state index contributed by atoms with van der Waals surface area (Å²) in [5.41, 5.74) is 3.54. The average Bonchev–Trinajstić information content (AvgIpc) is 3.42. The average molecular weight is 426 g/mol. The van der Waals surface area contributed by atoms with Gasteiger partial charge in [0.15, 0.2) is 0 Å². The fraction of sp³-hybridized carbons (Fsp3) is 0.227. The van der Waals surface area contributed by atoms with Crippen LogP contribution >= 0.6 is 0 Å². The van der Waals surface area contributed by atoms with Crippen molar-refractivity contribution in [2.24, 2.45) is 0 Å². The molecular formula is C22H23N3O4S. The summed E-state index contributed by atoms with van der Waals surface area (Å²) < 4.78 is 32.4. The van der Waals surface area contributed by atoms with Crippen molar-refractivity contribution in [3.8, 4) is 0 Å². The molecule has 0 saturated carbocycles. The van der Waals surface area contributed by atoms with Gasteiger partial charge in [0.1, 0.15) is 5.76 Å². The van der Waals surface area contributed by atoms with E-state index >= 15 is 0 Å². The van der Waals surface area contributed by atoms with Crippen molar-refractivity contribution < 1.29 is 17.6 Å². The molecule has 0 atom stereocenters. The molecule has 0 saturated heterocycles. The smallest absolute Gasteiger partial charge is 0.255 e. The van der Waals surface area contributed by atoms with Gasteiger partial charge in [0, 0.05) is 30.0 Å². The molecule has 0 aliphatic carbocycles. The molecule has 2 heterocycles. The number of sulfonamides is 1. The Balaban J connectivity index is 1.43. The topological polar surface area (TPSA) is 91.7 Å². The van der Waals surface area contributed by atoms with Crippen LogP contribution in [0.3, 0.4) is 0 Å². The summed E-state index contributed by atoms with van der Waals surface area (Å²) in [7, 11) is -3.70. The van der Waals surface area contributed by atoms with Crippen LogP contribution in [0.15, 0.2) is 70.2 Å². The van der Waals surface area contributed by atoms with E-state index < -0.39 is 10.0 Å². The Morgan fingerprint density at radius 1 is 1.13 bits per heavy atom. The second-order valence-electron chi connectivity index (χ2n) is 7.06. The van der Waals surface area contributed by atoms with Gasteiger partial charge in [-0.3, -0.25) is 4.79 Å². The van der Waals surface area contributed by atoms with Crippen LogP contribution in [-0.4, -0.2) is 27.4 Å². The molecular weight excluding hydrogens is 402 g/mol. The number of carbonyl (C=O) groups excluding carboxylic acids is 1. The number of likely N-dealkylation sites (N-methyl/N-ethyl adjacent to an activating group) is 1. The molecule has 0 bridgehead atoms. The molecule has 0 fully saturated rings. The molecule has 0 spiro atoms. The number of hydrogen-bond acceptors (Lipinski definition) is 5. The zero-order valence-corrected chi connectivity index (χ0v) is 17.4. The second kappa shape index (κ2) is 8.33. The molecule has 1 aliphatic heterocycles. The molecule has 4 rings (SSSR count). The minimum atomic E-state index is -3.70. The zero-order chi connectivity index (χ0) is 21.1. The fourth-order valence-electron chi connectivity index (χ4n) is 3.50. The Labute approximate surface area is 175 Å². The van der Waals surface area contributed by atoms with Crippen molar-refractivity contribution in [2.45, 2.75) is 24.8 Å². The molecule has 1 aliphatic rings. The summed E-state index contributed by atoms with van der Waals surface area (Å²) in [6.07, 6.45) is 2.50. The predicted octanol–water partition coefficient (Wildman–Crippen LogP) is 3.39. The van der Waals surface area contributed by atoms with E-state index in [9.17, 15) is 13.2 Å². The molecule has 0 radical (unpaired) electrons. The number of furan rings is 1. The number of benzene rings is 2. The number of hydrogen-bond donors (Lipinski definition) is 2. The third-order valence-electron chi connectivity index (χ3n) is 5.16. The Kier molecular flexibility index (Phi) is 5.61. The number of rotatable bonds is 7. The first-order valence-electron chi connectivity index (χ1n) is 9.77. The van der Waals surface area contributed by atoms with Crippen LogP contribution in [0.1, 0.15) is 28.6 Å². The quantitative estimate of drug-likeness (QED) is 0.605. The molecule has 2 N–H and O–H groups in total. The first kappa shape index (κ1) is 20.2. The van der Waals surface area contributed by atoms with Gasteiger partial charge >= 0.3 is 0 Å². The van der Waals surface area contributed by atoms with Gasteiger partial charge < -0.3 is 14.6 Å². The maximum atomic E-state index is 12.6. The summed E-state index contributed by atoms with van der Waals surface area (Å²) in [5.74, 6) is 0.231. The van der Waals surface area contributed by atoms with Crippen LogP contribution in [-0.2, 0) is 23.0 Å². The van der Waals surface area contributed by atoms with Crippen molar-refractivity contribution in [3.05, 3.63) is 77.7 Å². The molecule has 2 aromatic carbocycles. The van der Waals surface area contributed by atoms with E-state index in [1.165, 1.54) is 36.1 Å². The highest BCUT2D eigenvalue weighted by atomic mass is 32.2. The molecule has 7 nitrogen and oxygen atoms in total. The lowest BCUT2D eigenvalue weighted by atomic mass is 10.1. The van der Waals surface area contributed by atoms with Gasteiger partial charge in [-0.2, -0.15) is 0 Å². The Morgan fingerprint density at radius 3 is 2.63 bits per heavy atom. The third-order valence-corrected chi connectivity index (χ3v) is 6.58. The summed E-state index contributed by atoms with van der Waals surface area (Å²) in [4.78, 5) is 15.0. The lowest BCUT2D eigenvalue weighted by Crippen LogP contribution is -2.23. The monoisotopic (exact) mass is 425 g/mol. The summed E-state index contributed by atoms with van der Waals surface area (Å²) in [6.45, 7) is 4.09. The lowest BCUT2D eigenvalue weighted by Gasteiger charge is -2.17. The van der Waals surface area contributed by atoms with Crippen LogP contribution in [0.5, 0.6) is 0 Å². The third kappa shape index (κ3) is 4.24. The highest BCUT2D eigenvalue weighted by Crippen LogP contribution is 2.30. The summed E-state index contributed by atoms with van der Waals surface area (Å²) in [5, 5.41) is 2.89. The van der Waals surface area contributed by atoms with Crippen molar-refractivity contribution in [1.29, 1.82) is 0 Å². The number of nitrogens with one attached hydrogen (secondary N) is 2. The van der Waals surface area contributed by atoms with Crippen molar-refractivity contribution in [2.75, 3.05) is 23.3 Å². The molecule has 3 aromatic rings. The Morgan fingerprint density at radius 2 is 1.93 bits per heavy atom. The largest absolute Gasteiger partial charge is 0.468 e. The van der Waals surface area contributed by atoms with E-state index in [2.05, 4.69) is 21.9 Å². The number of nitrogens with zero attached hydrogens (tertiary/aromatic N) is 1. The van der Waals surface area contributed by atoms with Crippen molar-refractivity contribution in [1.82, 2.24) is 4.72 Å². The molecule has 156 valence electrons. The van der Waals surface area contributed by atoms with E-state index in [1.807, 2.05) is 18.2 Å². The second-order valence-corrected chi connectivity index (χ2v) is 8.82. The van der Waals surface area contributed by atoms with E-state index in [1.54, 1.807) is 12.1 Å². The van der Waals surface area contributed by atoms with Gasteiger partial charge in [-0.05, 0) is 67.4 Å². The first-order chi connectivity index (χ1) is 14.5. The lowest BCUT2D eigenvalue weighted by molar-refractivity contribution is 0.102. The Bertz CT molecular complexity index is 1140. The van der Waals surface area contributed by atoms with Gasteiger partial charge in [0.2, 0.25) is 10.0 Å². The van der Waals surface area contributed by atoms with Crippen molar-refractivity contribution >= 4 is 27.3 Å².